The van der Waals surface area contributed by atoms with Gasteiger partial charge >= 0.3 is 6.03 Å². The van der Waals surface area contributed by atoms with Gasteiger partial charge in [0.2, 0.25) is 0 Å². The molecule has 4 aromatic rings. The van der Waals surface area contributed by atoms with Crippen molar-refractivity contribution < 1.29 is 4.79 Å². The number of carbonyl (C=O) groups excluding carboxylic acids is 1. The Kier molecular flexibility index (Phi) is 5.70. The normalized spacial score (nSPS) is 14.9. The average Bonchev–Trinajstić information content (AvgIpc) is 3.25. The van der Waals surface area contributed by atoms with Crippen LogP contribution in [0.1, 0.15) is 28.4 Å². The van der Waals surface area contributed by atoms with Crippen molar-refractivity contribution >= 4 is 17.6 Å². The molecule has 3 aromatic carbocycles. The lowest BCUT2D eigenvalue weighted by atomic mass is 10.0. The van der Waals surface area contributed by atoms with Gasteiger partial charge in [-0.15, -0.1) is 0 Å². The Morgan fingerprint density at radius 1 is 0.906 bits per heavy atom. The van der Waals surface area contributed by atoms with Crippen LogP contribution in [0.2, 0.25) is 5.02 Å². The predicted octanol–water partition coefficient (Wildman–Crippen LogP) is 5.99. The summed E-state index contributed by atoms with van der Waals surface area (Å²) in [5, 5.41) is 3.79. The molecule has 1 atom stereocenters. The molecular formula is C27H24ClN3O. The van der Waals surface area contributed by atoms with Crippen LogP contribution >= 0.6 is 11.6 Å². The molecule has 0 unspecified atom stereocenters. The van der Waals surface area contributed by atoms with E-state index >= 15 is 0 Å². The Morgan fingerprint density at radius 3 is 2.50 bits per heavy atom. The van der Waals surface area contributed by atoms with Crippen molar-refractivity contribution in [3.63, 3.8) is 0 Å². The minimum atomic E-state index is -0.303. The standard InChI is InChI=1S/C27H24ClN3O/c28-23-13-6-5-12-22(23)26-25-15-8-18-30(25)24-14-7-4-11-21(24)19-31(26)27(32)29-17-16-20-9-2-1-3-10-20/h1-15,18,26H,16-17,19H2,(H,29,32)/t26-/m0/s1. The second kappa shape index (κ2) is 8.93. The maximum Gasteiger partial charge on any atom is 0.318 e. The molecule has 0 radical (unpaired) electrons. The molecule has 160 valence electrons. The van der Waals surface area contributed by atoms with E-state index in [1.165, 1.54) is 5.56 Å². The summed E-state index contributed by atoms with van der Waals surface area (Å²) >= 11 is 6.64. The smallest absolute Gasteiger partial charge is 0.318 e. The third-order valence-electron chi connectivity index (χ3n) is 5.96. The summed E-state index contributed by atoms with van der Waals surface area (Å²) in [5.74, 6) is 0. The Morgan fingerprint density at radius 2 is 1.66 bits per heavy atom. The van der Waals surface area contributed by atoms with Crippen molar-refractivity contribution in [1.82, 2.24) is 14.8 Å². The summed E-state index contributed by atoms with van der Waals surface area (Å²) in [6.07, 6.45) is 2.83. The van der Waals surface area contributed by atoms with Gasteiger partial charge in [0.15, 0.2) is 0 Å². The van der Waals surface area contributed by atoms with Crippen LogP contribution < -0.4 is 5.32 Å². The molecule has 0 fully saturated rings. The van der Waals surface area contributed by atoms with E-state index in [9.17, 15) is 4.79 Å². The van der Waals surface area contributed by atoms with Crippen LogP contribution in [0.5, 0.6) is 0 Å². The van der Waals surface area contributed by atoms with Crippen molar-refractivity contribution in [2.45, 2.75) is 19.0 Å². The number of hydrogen-bond acceptors (Lipinski definition) is 1. The monoisotopic (exact) mass is 441 g/mol. The zero-order valence-electron chi connectivity index (χ0n) is 17.6. The number of fused-ring (bicyclic) bond motifs is 3. The van der Waals surface area contributed by atoms with Crippen LogP contribution in [0.25, 0.3) is 5.69 Å². The minimum Gasteiger partial charge on any atom is -0.338 e. The number of nitrogens with one attached hydrogen (secondary N) is 1. The highest BCUT2D eigenvalue weighted by molar-refractivity contribution is 6.31. The lowest BCUT2D eigenvalue weighted by Gasteiger charge is -2.31. The quantitative estimate of drug-likeness (QED) is 0.415. The Labute approximate surface area is 193 Å². The summed E-state index contributed by atoms with van der Waals surface area (Å²) < 4.78 is 2.17. The zero-order chi connectivity index (χ0) is 21.9. The van der Waals surface area contributed by atoms with Gasteiger partial charge in [-0.2, -0.15) is 0 Å². The molecule has 5 heteroatoms. The third-order valence-corrected chi connectivity index (χ3v) is 6.30. The van der Waals surface area contributed by atoms with Gasteiger partial charge in [-0.1, -0.05) is 78.3 Å². The number of amides is 2. The molecule has 32 heavy (non-hydrogen) atoms. The van der Waals surface area contributed by atoms with E-state index in [0.717, 1.165) is 28.9 Å². The van der Waals surface area contributed by atoms with Gasteiger partial charge in [-0.25, -0.2) is 4.79 Å². The van der Waals surface area contributed by atoms with E-state index in [2.05, 4.69) is 46.4 Å². The number of urea groups is 1. The highest BCUT2D eigenvalue weighted by Gasteiger charge is 2.33. The molecule has 0 bridgehead atoms. The van der Waals surface area contributed by atoms with E-state index in [4.69, 9.17) is 11.6 Å². The Balaban J connectivity index is 1.51. The van der Waals surface area contributed by atoms with E-state index in [1.54, 1.807) is 0 Å². The fourth-order valence-corrected chi connectivity index (χ4v) is 4.66. The Hall–Kier alpha value is -3.50. The van der Waals surface area contributed by atoms with Crippen LogP contribution in [0.3, 0.4) is 0 Å². The van der Waals surface area contributed by atoms with Crippen LogP contribution in [-0.2, 0) is 13.0 Å². The number of rotatable bonds is 4. The van der Waals surface area contributed by atoms with Gasteiger partial charge in [0.05, 0.1) is 17.9 Å². The first-order chi connectivity index (χ1) is 15.7. The molecule has 0 saturated heterocycles. The highest BCUT2D eigenvalue weighted by atomic mass is 35.5. The summed E-state index contributed by atoms with van der Waals surface area (Å²) in [4.78, 5) is 15.4. The molecule has 4 nitrogen and oxygen atoms in total. The second-order valence-corrected chi connectivity index (χ2v) is 8.36. The molecule has 1 aromatic heterocycles. The molecule has 2 heterocycles. The van der Waals surface area contributed by atoms with Gasteiger partial charge in [0.1, 0.15) is 6.04 Å². The summed E-state index contributed by atoms with van der Waals surface area (Å²) in [6.45, 7) is 1.06. The van der Waals surface area contributed by atoms with Crippen molar-refractivity contribution in [3.05, 3.63) is 125 Å². The van der Waals surface area contributed by atoms with Gasteiger partial charge in [-0.3, -0.25) is 0 Å². The summed E-state index contributed by atoms with van der Waals surface area (Å²) in [6, 6.07) is 29.9. The number of carbonyl (C=O) groups is 1. The molecule has 0 saturated carbocycles. The SMILES string of the molecule is O=C(NCCc1ccccc1)N1Cc2ccccc2-n2cccc2[C@@H]1c1ccccc1Cl. The average molecular weight is 442 g/mol. The van der Waals surface area contributed by atoms with Crippen molar-refractivity contribution in [3.8, 4) is 5.69 Å². The van der Waals surface area contributed by atoms with Gasteiger partial charge < -0.3 is 14.8 Å². The fourth-order valence-electron chi connectivity index (χ4n) is 4.42. The summed E-state index contributed by atoms with van der Waals surface area (Å²) in [5.41, 5.74) is 5.31. The number of hydrogen-bond donors (Lipinski definition) is 1. The van der Waals surface area contributed by atoms with E-state index in [0.29, 0.717) is 18.1 Å². The topological polar surface area (TPSA) is 37.3 Å². The van der Waals surface area contributed by atoms with Gasteiger partial charge in [0, 0.05) is 17.8 Å². The maximum absolute atomic E-state index is 13.5. The second-order valence-electron chi connectivity index (χ2n) is 7.95. The first-order valence-electron chi connectivity index (χ1n) is 10.8. The van der Waals surface area contributed by atoms with E-state index in [-0.39, 0.29) is 12.1 Å². The van der Waals surface area contributed by atoms with E-state index < -0.39 is 0 Å². The van der Waals surface area contributed by atoms with Crippen LogP contribution in [0, 0.1) is 0 Å². The lowest BCUT2D eigenvalue weighted by molar-refractivity contribution is 0.181. The molecule has 0 spiro atoms. The number of benzene rings is 3. The largest absolute Gasteiger partial charge is 0.338 e. The molecular weight excluding hydrogens is 418 g/mol. The number of halogens is 1. The number of para-hydroxylation sites is 1. The van der Waals surface area contributed by atoms with E-state index in [1.807, 2.05) is 65.6 Å². The highest BCUT2D eigenvalue weighted by Crippen LogP contribution is 2.38. The summed E-state index contributed by atoms with van der Waals surface area (Å²) in [7, 11) is 0. The van der Waals surface area contributed by atoms with Crippen molar-refractivity contribution in [1.29, 1.82) is 0 Å². The Bertz CT molecular complexity index is 1230. The molecule has 2 amide bonds. The van der Waals surface area contributed by atoms with Crippen LogP contribution in [0.4, 0.5) is 4.79 Å². The molecule has 1 N–H and O–H groups in total. The maximum atomic E-state index is 13.5. The fraction of sp³-hybridized carbons (Fsp3) is 0.148. The van der Waals surface area contributed by atoms with Crippen LogP contribution in [-0.4, -0.2) is 22.0 Å². The first kappa shape index (κ1) is 20.4. The lowest BCUT2D eigenvalue weighted by Crippen LogP contribution is -2.42. The third kappa shape index (κ3) is 3.90. The number of nitrogens with zero attached hydrogens (tertiary/aromatic N) is 2. The first-order valence-corrected chi connectivity index (χ1v) is 11.2. The molecule has 1 aliphatic heterocycles. The van der Waals surface area contributed by atoms with Gasteiger partial charge in [-0.05, 0) is 47.4 Å². The number of aromatic nitrogens is 1. The van der Waals surface area contributed by atoms with Crippen molar-refractivity contribution in [2.24, 2.45) is 0 Å². The minimum absolute atomic E-state index is 0.102. The zero-order valence-corrected chi connectivity index (χ0v) is 18.4. The molecule has 0 aliphatic carbocycles. The van der Waals surface area contributed by atoms with Gasteiger partial charge in [0.25, 0.3) is 0 Å². The van der Waals surface area contributed by atoms with Crippen LogP contribution in [0.15, 0.2) is 97.2 Å². The predicted molar refractivity (Wildman–Crippen MR) is 128 cm³/mol. The van der Waals surface area contributed by atoms with Crippen molar-refractivity contribution in [2.75, 3.05) is 6.54 Å². The molecule has 1 aliphatic rings. The molecule has 5 rings (SSSR count).